The minimum atomic E-state index is -0.827. The Morgan fingerprint density at radius 1 is 1.26 bits per heavy atom. The molecule has 0 aliphatic rings. The number of carboxylic acid groups (broad SMARTS) is 1. The van der Waals surface area contributed by atoms with Gasteiger partial charge in [0.15, 0.2) is 0 Å². The van der Waals surface area contributed by atoms with E-state index in [2.05, 4.69) is 0 Å². The summed E-state index contributed by atoms with van der Waals surface area (Å²) in [6.45, 7) is 0.487. The Hall–Kier alpha value is -1.43. The molecule has 106 valence electrons. The molecule has 0 saturated heterocycles. The van der Waals surface area contributed by atoms with E-state index in [1.165, 1.54) is 0 Å². The zero-order valence-electron chi connectivity index (χ0n) is 11.3. The lowest BCUT2D eigenvalue weighted by molar-refractivity contribution is -0.137. The average Bonchev–Trinajstić information content (AvgIpc) is 2.42. The van der Waals surface area contributed by atoms with Crippen molar-refractivity contribution < 1.29 is 19.4 Å². The molecule has 5 heteroatoms. The van der Waals surface area contributed by atoms with Gasteiger partial charge in [0.05, 0.1) is 6.61 Å². The number of hydrogen-bond acceptors (Lipinski definition) is 4. The first-order valence-corrected chi connectivity index (χ1v) is 6.17. The van der Waals surface area contributed by atoms with Crippen LogP contribution in [0, 0.1) is 0 Å². The van der Waals surface area contributed by atoms with E-state index in [4.69, 9.17) is 20.3 Å². The fraction of sp³-hybridized carbons (Fsp3) is 0.500. The largest absolute Gasteiger partial charge is 0.481 e. The fourth-order valence-electron chi connectivity index (χ4n) is 1.86. The Labute approximate surface area is 113 Å². The predicted octanol–water partition coefficient (Wildman–Crippen LogP) is 1.89. The minimum absolute atomic E-state index is 0.0767. The molecule has 2 atom stereocenters. The van der Waals surface area contributed by atoms with Gasteiger partial charge in [0.25, 0.3) is 0 Å². The van der Waals surface area contributed by atoms with Gasteiger partial charge >= 0.3 is 5.97 Å². The van der Waals surface area contributed by atoms with Crippen LogP contribution in [-0.4, -0.2) is 31.9 Å². The summed E-state index contributed by atoms with van der Waals surface area (Å²) in [6, 6.07) is 7.42. The Morgan fingerprint density at radius 2 is 1.84 bits per heavy atom. The number of hydrogen-bond donors (Lipinski definition) is 2. The maximum atomic E-state index is 10.5. The number of benzene rings is 1. The molecule has 0 spiro atoms. The summed E-state index contributed by atoms with van der Waals surface area (Å²) in [5.74, 6) is -0.827. The Morgan fingerprint density at radius 3 is 2.32 bits per heavy atom. The molecule has 0 aliphatic carbocycles. The van der Waals surface area contributed by atoms with Crippen molar-refractivity contribution in [3.63, 3.8) is 0 Å². The predicted molar refractivity (Wildman–Crippen MR) is 71.9 cm³/mol. The standard InChI is InChI=1S/C14H21NO4/c1-18-9-13(19-2)11-5-3-10(4-6-11)12(15)7-8-14(16)17/h3-6,12-13H,7-9,15H2,1-2H3,(H,16,17). The molecule has 5 nitrogen and oxygen atoms in total. The Kier molecular flexibility index (Phi) is 6.49. The second kappa shape index (κ2) is 7.89. The van der Waals surface area contributed by atoms with Crippen LogP contribution in [-0.2, 0) is 14.3 Å². The number of methoxy groups -OCH3 is 2. The highest BCUT2D eigenvalue weighted by Crippen LogP contribution is 2.21. The summed E-state index contributed by atoms with van der Waals surface area (Å²) in [6.07, 6.45) is 0.405. The van der Waals surface area contributed by atoms with Crippen molar-refractivity contribution >= 4 is 5.97 Å². The molecule has 0 bridgehead atoms. The molecule has 1 rings (SSSR count). The summed E-state index contributed by atoms with van der Waals surface area (Å²) in [7, 11) is 3.26. The SMILES string of the molecule is COCC(OC)c1ccc(C(N)CCC(=O)O)cc1. The lowest BCUT2D eigenvalue weighted by Crippen LogP contribution is -2.13. The first-order valence-electron chi connectivity index (χ1n) is 6.17. The van der Waals surface area contributed by atoms with Gasteiger partial charge in [0.2, 0.25) is 0 Å². The third-order valence-corrected chi connectivity index (χ3v) is 3.01. The van der Waals surface area contributed by atoms with Crippen molar-refractivity contribution in [1.82, 2.24) is 0 Å². The molecule has 19 heavy (non-hydrogen) atoms. The molecular formula is C14H21NO4. The van der Waals surface area contributed by atoms with E-state index in [9.17, 15) is 4.79 Å². The van der Waals surface area contributed by atoms with Crippen LogP contribution < -0.4 is 5.73 Å². The lowest BCUT2D eigenvalue weighted by atomic mass is 10.00. The first-order chi connectivity index (χ1) is 9.08. The van der Waals surface area contributed by atoms with Gasteiger partial charge in [-0.05, 0) is 17.5 Å². The molecule has 1 aromatic rings. The van der Waals surface area contributed by atoms with Crippen LogP contribution in [0.1, 0.15) is 36.1 Å². The molecule has 3 N–H and O–H groups in total. The van der Waals surface area contributed by atoms with Crippen LogP contribution in [0.25, 0.3) is 0 Å². The minimum Gasteiger partial charge on any atom is -0.481 e. The molecule has 2 unspecified atom stereocenters. The van der Waals surface area contributed by atoms with E-state index in [1.807, 2.05) is 24.3 Å². The van der Waals surface area contributed by atoms with E-state index >= 15 is 0 Å². The summed E-state index contributed by atoms with van der Waals surface area (Å²) in [4.78, 5) is 10.5. The maximum absolute atomic E-state index is 10.5. The summed E-state index contributed by atoms with van der Waals surface area (Å²) in [5.41, 5.74) is 7.88. The van der Waals surface area contributed by atoms with Crippen LogP contribution in [0.2, 0.25) is 0 Å². The highest BCUT2D eigenvalue weighted by atomic mass is 16.5. The van der Waals surface area contributed by atoms with Gasteiger partial charge in [-0.3, -0.25) is 4.79 Å². The molecule has 0 amide bonds. The summed E-state index contributed by atoms with van der Waals surface area (Å²) < 4.78 is 10.4. The Bertz CT molecular complexity index is 391. The monoisotopic (exact) mass is 267 g/mol. The summed E-state index contributed by atoms with van der Waals surface area (Å²) in [5, 5.41) is 8.63. The number of carboxylic acids is 1. The second-order valence-corrected chi connectivity index (χ2v) is 4.39. The van der Waals surface area contributed by atoms with E-state index in [-0.39, 0.29) is 18.6 Å². The van der Waals surface area contributed by atoms with Crippen molar-refractivity contribution in [2.45, 2.75) is 25.0 Å². The van der Waals surface area contributed by atoms with Gasteiger partial charge in [-0.15, -0.1) is 0 Å². The van der Waals surface area contributed by atoms with E-state index < -0.39 is 5.97 Å². The number of nitrogens with two attached hydrogens (primary N) is 1. The van der Waals surface area contributed by atoms with Crippen molar-refractivity contribution in [2.24, 2.45) is 5.73 Å². The molecule has 0 aromatic heterocycles. The number of rotatable bonds is 8. The molecule has 0 heterocycles. The molecular weight excluding hydrogens is 246 g/mol. The highest BCUT2D eigenvalue weighted by molar-refractivity contribution is 5.66. The second-order valence-electron chi connectivity index (χ2n) is 4.39. The van der Waals surface area contributed by atoms with E-state index in [1.54, 1.807) is 14.2 Å². The molecule has 0 radical (unpaired) electrons. The van der Waals surface area contributed by atoms with Gasteiger partial charge < -0.3 is 20.3 Å². The average molecular weight is 267 g/mol. The van der Waals surface area contributed by atoms with Crippen molar-refractivity contribution in [3.8, 4) is 0 Å². The van der Waals surface area contributed by atoms with Gasteiger partial charge in [0, 0.05) is 26.7 Å². The van der Waals surface area contributed by atoms with Gasteiger partial charge in [-0.2, -0.15) is 0 Å². The zero-order valence-corrected chi connectivity index (χ0v) is 11.3. The Balaban J connectivity index is 2.66. The molecule has 1 aromatic carbocycles. The first kappa shape index (κ1) is 15.6. The number of aliphatic carboxylic acids is 1. The molecule has 0 saturated carbocycles. The molecule has 0 fully saturated rings. The van der Waals surface area contributed by atoms with Gasteiger partial charge in [-0.1, -0.05) is 24.3 Å². The highest BCUT2D eigenvalue weighted by Gasteiger charge is 2.12. The van der Waals surface area contributed by atoms with Gasteiger partial charge in [0.1, 0.15) is 6.10 Å². The van der Waals surface area contributed by atoms with Crippen molar-refractivity contribution in [1.29, 1.82) is 0 Å². The van der Waals surface area contributed by atoms with Crippen LogP contribution >= 0.6 is 0 Å². The van der Waals surface area contributed by atoms with Crippen LogP contribution in [0.3, 0.4) is 0 Å². The zero-order chi connectivity index (χ0) is 14.3. The number of ether oxygens (including phenoxy) is 2. The van der Waals surface area contributed by atoms with E-state index in [0.29, 0.717) is 13.0 Å². The van der Waals surface area contributed by atoms with Crippen molar-refractivity contribution in [3.05, 3.63) is 35.4 Å². The third kappa shape index (κ3) is 4.98. The lowest BCUT2D eigenvalue weighted by Gasteiger charge is -2.16. The topological polar surface area (TPSA) is 81.8 Å². The normalized spacial score (nSPS) is 14.1. The van der Waals surface area contributed by atoms with Crippen LogP contribution in [0.4, 0.5) is 0 Å². The fourth-order valence-corrected chi connectivity index (χ4v) is 1.86. The number of carbonyl (C=O) groups is 1. The summed E-state index contributed by atoms with van der Waals surface area (Å²) >= 11 is 0. The smallest absolute Gasteiger partial charge is 0.303 e. The van der Waals surface area contributed by atoms with Crippen LogP contribution in [0.5, 0.6) is 0 Å². The molecule has 0 aliphatic heterocycles. The van der Waals surface area contributed by atoms with E-state index in [0.717, 1.165) is 11.1 Å². The van der Waals surface area contributed by atoms with Crippen LogP contribution in [0.15, 0.2) is 24.3 Å². The van der Waals surface area contributed by atoms with Gasteiger partial charge in [-0.25, -0.2) is 0 Å². The quantitative estimate of drug-likeness (QED) is 0.751. The van der Waals surface area contributed by atoms with Crippen molar-refractivity contribution in [2.75, 3.05) is 20.8 Å². The third-order valence-electron chi connectivity index (χ3n) is 3.01. The maximum Gasteiger partial charge on any atom is 0.303 e.